The lowest BCUT2D eigenvalue weighted by Crippen LogP contribution is -2.42. The van der Waals surface area contributed by atoms with Gasteiger partial charge in [-0.1, -0.05) is 36.8 Å². The zero-order valence-corrected chi connectivity index (χ0v) is 14.4. The molecule has 1 heterocycles. The number of hydrogen-bond donors (Lipinski definition) is 3. The van der Waals surface area contributed by atoms with E-state index in [9.17, 15) is 9.59 Å². The third-order valence-corrected chi connectivity index (χ3v) is 4.90. The molecule has 0 saturated heterocycles. The second kappa shape index (κ2) is 7.96. The van der Waals surface area contributed by atoms with E-state index in [1.54, 1.807) is 13.1 Å². The second-order valence-electron chi connectivity index (χ2n) is 6.59. The molecule has 1 aromatic heterocycles. The van der Waals surface area contributed by atoms with Crippen LogP contribution in [0.15, 0.2) is 42.9 Å². The highest BCUT2D eigenvalue weighted by Gasteiger charge is 2.29. The standard InChI is InChI=1S/C19H24N4O2/c1-13(16-10-20-12-22-16)19(25)21-11-17(24)23-18(15-8-5-9-15)14-6-3-2-4-7-14/h2-4,6-7,10,12-13,15,18H,5,8-9,11H2,1H3,(H,20,22)(H,21,25)(H,23,24). The Balaban J connectivity index is 1.54. The number of aromatic amines is 1. The van der Waals surface area contributed by atoms with E-state index in [1.165, 1.54) is 12.7 Å². The van der Waals surface area contributed by atoms with E-state index in [0.29, 0.717) is 5.92 Å². The zero-order chi connectivity index (χ0) is 17.6. The summed E-state index contributed by atoms with van der Waals surface area (Å²) in [7, 11) is 0. The third kappa shape index (κ3) is 4.26. The molecule has 132 valence electrons. The van der Waals surface area contributed by atoms with Crippen molar-refractivity contribution in [3.63, 3.8) is 0 Å². The highest BCUT2D eigenvalue weighted by Crippen LogP contribution is 2.37. The number of nitrogens with one attached hydrogen (secondary N) is 3. The van der Waals surface area contributed by atoms with Gasteiger partial charge >= 0.3 is 0 Å². The molecule has 1 aromatic carbocycles. The summed E-state index contributed by atoms with van der Waals surface area (Å²) in [5.74, 6) is -0.247. The second-order valence-corrected chi connectivity index (χ2v) is 6.59. The van der Waals surface area contributed by atoms with Crippen LogP contribution < -0.4 is 10.6 Å². The predicted molar refractivity (Wildman–Crippen MR) is 94.7 cm³/mol. The summed E-state index contributed by atoms with van der Waals surface area (Å²) < 4.78 is 0. The van der Waals surface area contributed by atoms with Gasteiger partial charge in [-0.2, -0.15) is 0 Å². The summed E-state index contributed by atoms with van der Waals surface area (Å²) in [6.07, 6.45) is 6.62. The SMILES string of the molecule is CC(C(=O)NCC(=O)NC(c1ccccc1)C1CCC1)c1cnc[nH]1. The zero-order valence-electron chi connectivity index (χ0n) is 14.4. The van der Waals surface area contributed by atoms with Crippen LogP contribution in [0.4, 0.5) is 0 Å². The van der Waals surface area contributed by atoms with Crippen LogP contribution in [-0.4, -0.2) is 28.3 Å². The Kier molecular flexibility index (Phi) is 5.48. The molecule has 1 fully saturated rings. The number of rotatable bonds is 7. The van der Waals surface area contributed by atoms with Gasteiger partial charge in [-0.15, -0.1) is 0 Å². The van der Waals surface area contributed by atoms with Crippen LogP contribution in [0.2, 0.25) is 0 Å². The Morgan fingerprint density at radius 3 is 2.64 bits per heavy atom. The Morgan fingerprint density at radius 2 is 2.04 bits per heavy atom. The van der Waals surface area contributed by atoms with Crippen LogP contribution in [0.5, 0.6) is 0 Å². The van der Waals surface area contributed by atoms with Gasteiger partial charge in [0.2, 0.25) is 11.8 Å². The molecule has 1 saturated carbocycles. The number of carbonyl (C=O) groups excluding carboxylic acids is 2. The Morgan fingerprint density at radius 1 is 1.28 bits per heavy atom. The van der Waals surface area contributed by atoms with Gasteiger partial charge in [0.15, 0.2) is 0 Å². The predicted octanol–water partition coefficient (Wildman–Crippen LogP) is 2.29. The molecular weight excluding hydrogens is 316 g/mol. The minimum absolute atomic E-state index is 0.0179. The van der Waals surface area contributed by atoms with Crippen LogP contribution in [0, 0.1) is 5.92 Å². The fourth-order valence-corrected chi connectivity index (χ4v) is 3.10. The summed E-state index contributed by atoms with van der Waals surface area (Å²) in [6.45, 7) is 1.76. The largest absolute Gasteiger partial charge is 0.348 e. The number of imidazole rings is 1. The highest BCUT2D eigenvalue weighted by atomic mass is 16.2. The Labute approximate surface area is 147 Å². The molecule has 3 rings (SSSR count). The molecule has 2 aromatic rings. The lowest BCUT2D eigenvalue weighted by molar-refractivity contribution is -0.127. The fourth-order valence-electron chi connectivity index (χ4n) is 3.10. The van der Waals surface area contributed by atoms with Gasteiger partial charge in [-0.3, -0.25) is 9.59 Å². The van der Waals surface area contributed by atoms with Gasteiger partial charge in [0, 0.05) is 11.9 Å². The van der Waals surface area contributed by atoms with E-state index < -0.39 is 0 Å². The molecule has 0 bridgehead atoms. The van der Waals surface area contributed by atoms with Gasteiger partial charge in [0.1, 0.15) is 0 Å². The number of hydrogen-bond acceptors (Lipinski definition) is 3. The van der Waals surface area contributed by atoms with Crippen molar-refractivity contribution in [3.8, 4) is 0 Å². The molecule has 2 unspecified atom stereocenters. The van der Waals surface area contributed by atoms with Gasteiger partial charge in [-0.25, -0.2) is 4.98 Å². The van der Waals surface area contributed by atoms with E-state index in [1.807, 2.05) is 30.3 Å². The molecular formula is C19H24N4O2. The monoisotopic (exact) mass is 340 g/mol. The lowest BCUT2D eigenvalue weighted by atomic mass is 9.77. The van der Waals surface area contributed by atoms with E-state index in [4.69, 9.17) is 0 Å². The number of carbonyl (C=O) groups is 2. The van der Waals surface area contributed by atoms with Crippen molar-refractivity contribution in [2.24, 2.45) is 5.92 Å². The van der Waals surface area contributed by atoms with Gasteiger partial charge < -0.3 is 15.6 Å². The van der Waals surface area contributed by atoms with Crippen LogP contribution in [0.25, 0.3) is 0 Å². The number of H-pyrrole nitrogens is 1. The molecule has 2 amide bonds. The molecule has 2 atom stereocenters. The maximum absolute atomic E-state index is 12.3. The summed E-state index contributed by atoms with van der Waals surface area (Å²) in [5, 5.41) is 5.79. The van der Waals surface area contributed by atoms with Gasteiger partial charge in [0.05, 0.1) is 24.8 Å². The average molecular weight is 340 g/mol. The van der Waals surface area contributed by atoms with E-state index in [0.717, 1.165) is 24.1 Å². The average Bonchev–Trinajstić information content (AvgIpc) is 3.12. The van der Waals surface area contributed by atoms with Crippen LogP contribution in [0.3, 0.4) is 0 Å². The van der Waals surface area contributed by atoms with E-state index >= 15 is 0 Å². The molecule has 3 N–H and O–H groups in total. The summed E-state index contributed by atoms with van der Waals surface area (Å²) in [5.41, 5.74) is 1.85. The number of nitrogens with zero attached hydrogens (tertiary/aromatic N) is 1. The normalized spacial score (nSPS) is 16.5. The lowest BCUT2D eigenvalue weighted by Gasteiger charge is -2.34. The van der Waals surface area contributed by atoms with Crippen molar-refractivity contribution >= 4 is 11.8 Å². The first-order valence-corrected chi connectivity index (χ1v) is 8.75. The minimum atomic E-state index is -0.369. The maximum Gasteiger partial charge on any atom is 0.239 e. The van der Waals surface area contributed by atoms with Crippen molar-refractivity contribution < 1.29 is 9.59 Å². The summed E-state index contributed by atoms with van der Waals surface area (Å²) >= 11 is 0. The summed E-state index contributed by atoms with van der Waals surface area (Å²) in [6, 6.07) is 10.1. The summed E-state index contributed by atoms with van der Waals surface area (Å²) in [4.78, 5) is 31.3. The topological polar surface area (TPSA) is 86.9 Å². The van der Waals surface area contributed by atoms with Crippen LogP contribution >= 0.6 is 0 Å². The molecule has 0 spiro atoms. The Hall–Kier alpha value is -2.63. The first-order valence-electron chi connectivity index (χ1n) is 8.75. The number of benzene rings is 1. The minimum Gasteiger partial charge on any atom is -0.348 e. The van der Waals surface area contributed by atoms with Crippen LogP contribution in [0.1, 0.15) is 49.4 Å². The van der Waals surface area contributed by atoms with Crippen molar-refractivity contribution in [2.45, 2.75) is 38.1 Å². The van der Waals surface area contributed by atoms with E-state index in [2.05, 4.69) is 20.6 Å². The Bertz CT molecular complexity index is 695. The smallest absolute Gasteiger partial charge is 0.239 e. The van der Waals surface area contributed by atoms with Crippen molar-refractivity contribution in [2.75, 3.05) is 6.54 Å². The number of aromatic nitrogens is 2. The van der Waals surface area contributed by atoms with Gasteiger partial charge in [-0.05, 0) is 31.2 Å². The van der Waals surface area contributed by atoms with Crippen molar-refractivity contribution in [1.29, 1.82) is 0 Å². The highest BCUT2D eigenvalue weighted by molar-refractivity contribution is 5.88. The third-order valence-electron chi connectivity index (χ3n) is 4.90. The van der Waals surface area contributed by atoms with Crippen molar-refractivity contribution in [1.82, 2.24) is 20.6 Å². The quantitative estimate of drug-likeness (QED) is 0.723. The molecule has 0 aliphatic heterocycles. The fraction of sp³-hybridized carbons (Fsp3) is 0.421. The molecule has 6 heteroatoms. The first kappa shape index (κ1) is 17.2. The van der Waals surface area contributed by atoms with E-state index in [-0.39, 0.29) is 30.3 Å². The molecule has 25 heavy (non-hydrogen) atoms. The van der Waals surface area contributed by atoms with Gasteiger partial charge in [0.25, 0.3) is 0 Å². The molecule has 1 aliphatic rings. The first-order chi connectivity index (χ1) is 12.1. The molecule has 0 radical (unpaired) electrons. The maximum atomic E-state index is 12.3. The number of amides is 2. The molecule has 1 aliphatic carbocycles. The molecule has 6 nitrogen and oxygen atoms in total. The van der Waals surface area contributed by atoms with Crippen molar-refractivity contribution in [3.05, 3.63) is 54.1 Å². The van der Waals surface area contributed by atoms with Crippen LogP contribution in [-0.2, 0) is 9.59 Å².